The lowest BCUT2D eigenvalue weighted by Crippen LogP contribution is -2.09. The summed E-state index contributed by atoms with van der Waals surface area (Å²) in [7, 11) is 0. The maximum Gasteiger partial charge on any atom is 0.337 e. The van der Waals surface area contributed by atoms with Crippen LogP contribution in [0.4, 0.5) is 5.69 Å². The van der Waals surface area contributed by atoms with Gasteiger partial charge in [-0.3, -0.25) is 0 Å². The van der Waals surface area contributed by atoms with Crippen molar-refractivity contribution in [2.45, 2.75) is 6.42 Å². The number of anilines is 1. The largest absolute Gasteiger partial charge is 0.478 e. The van der Waals surface area contributed by atoms with Gasteiger partial charge in [0.15, 0.2) is 0 Å². The molecule has 6 heteroatoms. The van der Waals surface area contributed by atoms with Crippen LogP contribution < -0.4 is 5.32 Å². The van der Waals surface area contributed by atoms with Gasteiger partial charge < -0.3 is 15.5 Å². The molecule has 0 fully saturated rings. The second-order valence-electron chi connectivity index (χ2n) is 3.21. The van der Waals surface area contributed by atoms with Crippen molar-refractivity contribution in [3.8, 4) is 6.07 Å². The van der Waals surface area contributed by atoms with Crippen molar-refractivity contribution in [3.63, 3.8) is 0 Å². The van der Waals surface area contributed by atoms with Crippen LogP contribution in [0, 0.1) is 11.3 Å². The van der Waals surface area contributed by atoms with Crippen molar-refractivity contribution >= 4 is 17.6 Å². The van der Waals surface area contributed by atoms with E-state index >= 15 is 0 Å². The molecule has 0 radical (unpaired) electrons. The Morgan fingerprint density at radius 1 is 1.29 bits per heavy atom. The van der Waals surface area contributed by atoms with Crippen molar-refractivity contribution in [2.75, 3.05) is 11.9 Å². The average molecular weight is 234 g/mol. The highest BCUT2D eigenvalue weighted by Crippen LogP contribution is 2.18. The Morgan fingerprint density at radius 2 is 2.00 bits per heavy atom. The van der Waals surface area contributed by atoms with E-state index in [4.69, 9.17) is 15.5 Å². The van der Waals surface area contributed by atoms with Gasteiger partial charge >= 0.3 is 11.9 Å². The monoisotopic (exact) mass is 234 g/mol. The van der Waals surface area contributed by atoms with Crippen molar-refractivity contribution in [2.24, 2.45) is 0 Å². The van der Waals surface area contributed by atoms with Gasteiger partial charge in [0.1, 0.15) is 0 Å². The predicted octanol–water partition coefficient (Wildman–Crippen LogP) is 1.41. The number of benzene rings is 1. The van der Waals surface area contributed by atoms with Gasteiger partial charge in [0.25, 0.3) is 0 Å². The molecule has 88 valence electrons. The Kier molecular flexibility index (Phi) is 4.06. The average Bonchev–Trinajstić information content (AvgIpc) is 2.28. The van der Waals surface area contributed by atoms with Gasteiger partial charge in [-0.15, -0.1) is 0 Å². The molecule has 1 rings (SSSR count). The van der Waals surface area contributed by atoms with E-state index in [0.29, 0.717) is 0 Å². The number of carboxylic acid groups (broad SMARTS) is 2. The first-order valence-electron chi connectivity index (χ1n) is 4.77. The van der Waals surface area contributed by atoms with Gasteiger partial charge in [0.05, 0.1) is 23.6 Å². The molecule has 3 N–H and O–H groups in total. The van der Waals surface area contributed by atoms with E-state index in [9.17, 15) is 9.59 Å². The summed E-state index contributed by atoms with van der Waals surface area (Å²) in [6, 6.07) is 5.58. The molecule has 0 saturated carbocycles. The molecule has 0 saturated heterocycles. The minimum Gasteiger partial charge on any atom is -0.478 e. The Labute approximate surface area is 97.1 Å². The molecule has 0 heterocycles. The standard InChI is InChI=1S/C11H10N2O4/c12-4-1-5-13-9-6-7(10(14)15)2-3-8(9)11(16)17/h2-3,6,13H,1,5H2,(H,14,15)(H,16,17). The highest BCUT2D eigenvalue weighted by Gasteiger charge is 2.12. The summed E-state index contributed by atoms with van der Waals surface area (Å²) in [5, 5.41) is 28.8. The Balaban J connectivity index is 3.03. The van der Waals surface area contributed by atoms with Crippen molar-refractivity contribution < 1.29 is 19.8 Å². The predicted molar refractivity (Wildman–Crippen MR) is 59.1 cm³/mol. The molecule has 0 atom stereocenters. The number of nitrogens with one attached hydrogen (secondary N) is 1. The Morgan fingerprint density at radius 3 is 2.53 bits per heavy atom. The minimum absolute atomic E-state index is 0.00513. The molecule has 1 aromatic carbocycles. The van der Waals surface area contributed by atoms with E-state index in [-0.39, 0.29) is 29.8 Å². The molecule has 0 bridgehead atoms. The van der Waals surface area contributed by atoms with Gasteiger partial charge in [-0.2, -0.15) is 5.26 Å². The summed E-state index contributed by atoms with van der Waals surface area (Å²) in [4.78, 5) is 21.6. The van der Waals surface area contributed by atoms with E-state index in [1.807, 2.05) is 6.07 Å². The number of nitrogens with zero attached hydrogens (tertiary/aromatic N) is 1. The topological polar surface area (TPSA) is 110 Å². The normalized spacial score (nSPS) is 9.35. The fourth-order valence-corrected chi connectivity index (χ4v) is 1.26. The van der Waals surface area contributed by atoms with Gasteiger partial charge in [0, 0.05) is 12.2 Å². The number of nitriles is 1. The molecule has 0 amide bonds. The van der Waals surface area contributed by atoms with Crippen LogP contribution in [0.2, 0.25) is 0 Å². The van der Waals surface area contributed by atoms with Crippen LogP contribution in [0.25, 0.3) is 0 Å². The molecule has 0 aliphatic heterocycles. The van der Waals surface area contributed by atoms with E-state index in [1.165, 1.54) is 18.2 Å². The van der Waals surface area contributed by atoms with Crippen LogP contribution in [0.15, 0.2) is 18.2 Å². The van der Waals surface area contributed by atoms with E-state index in [0.717, 1.165) is 0 Å². The number of aromatic carboxylic acids is 2. The summed E-state index contributed by atoms with van der Waals surface area (Å²) in [5.41, 5.74) is 0.176. The zero-order valence-electron chi connectivity index (χ0n) is 8.80. The molecule has 0 unspecified atom stereocenters. The fourth-order valence-electron chi connectivity index (χ4n) is 1.26. The van der Waals surface area contributed by atoms with Gasteiger partial charge in [-0.1, -0.05) is 0 Å². The van der Waals surface area contributed by atoms with Crippen LogP contribution >= 0.6 is 0 Å². The Bertz CT molecular complexity index is 491. The van der Waals surface area contributed by atoms with E-state index in [2.05, 4.69) is 5.32 Å². The molecule has 6 nitrogen and oxygen atoms in total. The summed E-state index contributed by atoms with van der Waals surface area (Å²) in [6.07, 6.45) is 0.205. The number of carboxylic acids is 2. The third-order valence-corrected chi connectivity index (χ3v) is 2.05. The molecule has 0 aliphatic rings. The number of rotatable bonds is 5. The molecule has 17 heavy (non-hydrogen) atoms. The van der Waals surface area contributed by atoms with Crippen LogP contribution in [0.5, 0.6) is 0 Å². The summed E-state index contributed by atoms with van der Waals surface area (Å²) in [6.45, 7) is 0.264. The minimum atomic E-state index is -1.15. The Hall–Kier alpha value is -2.55. The molecule has 0 aromatic heterocycles. The maximum absolute atomic E-state index is 10.9. The molecule has 0 aliphatic carbocycles. The SMILES string of the molecule is N#CCCNc1cc(C(=O)O)ccc1C(=O)O. The first-order chi connectivity index (χ1) is 8.06. The number of carbonyl (C=O) groups is 2. The fraction of sp³-hybridized carbons (Fsp3) is 0.182. The summed E-state index contributed by atoms with van der Waals surface area (Å²) in [5.74, 6) is -2.29. The molecular formula is C11H10N2O4. The first-order valence-corrected chi connectivity index (χ1v) is 4.77. The van der Waals surface area contributed by atoms with Crippen LogP contribution in [-0.2, 0) is 0 Å². The lowest BCUT2D eigenvalue weighted by molar-refractivity contribution is 0.0682. The van der Waals surface area contributed by atoms with Gasteiger partial charge in [-0.25, -0.2) is 9.59 Å². The maximum atomic E-state index is 10.9. The second-order valence-corrected chi connectivity index (χ2v) is 3.21. The second kappa shape index (κ2) is 5.51. The zero-order valence-corrected chi connectivity index (χ0v) is 8.80. The van der Waals surface area contributed by atoms with Crippen LogP contribution in [0.3, 0.4) is 0 Å². The van der Waals surface area contributed by atoms with E-state index < -0.39 is 11.9 Å². The highest BCUT2D eigenvalue weighted by atomic mass is 16.4. The zero-order chi connectivity index (χ0) is 12.8. The molecule has 1 aromatic rings. The van der Waals surface area contributed by atoms with Crippen molar-refractivity contribution in [1.82, 2.24) is 0 Å². The lowest BCUT2D eigenvalue weighted by Gasteiger charge is -2.08. The third-order valence-electron chi connectivity index (χ3n) is 2.05. The van der Waals surface area contributed by atoms with Gasteiger partial charge in [-0.05, 0) is 18.2 Å². The van der Waals surface area contributed by atoms with Crippen LogP contribution in [0.1, 0.15) is 27.1 Å². The number of hydrogen-bond donors (Lipinski definition) is 3. The van der Waals surface area contributed by atoms with E-state index in [1.54, 1.807) is 0 Å². The third kappa shape index (κ3) is 3.21. The smallest absolute Gasteiger partial charge is 0.337 e. The lowest BCUT2D eigenvalue weighted by atomic mass is 10.1. The summed E-state index contributed by atoms with van der Waals surface area (Å²) >= 11 is 0. The van der Waals surface area contributed by atoms with Gasteiger partial charge in [0.2, 0.25) is 0 Å². The molecule has 0 spiro atoms. The molecular weight excluding hydrogens is 224 g/mol. The van der Waals surface area contributed by atoms with Crippen LogP contribution in [-0.4, -0.2) is 28.7 Å². The number of hydrogen-bond acceptors (Lipinski definition) is 4. The highest BCUT2D eigenvalue weighted by molar-refractivity contribution is 5.97. The van der Waals surface area contributed by atoms with Crippen molar-refractivity contribution in [1.29, 1.82) is 5.26 Å². The van der Waals surface area contributed by atoms with Crippen molar-refractivity contribution in [3.05, 3.63) is 29.3 Å². The quantitative estimate of drug-likeness (QED) is 0.664. The first kappa shape index (κ1) is 12.5. The summed E-state index contributed by atoms with van der Waals surface area (Å²) < 4.78 is 0.